The highest BCUT2D eigenvalue weighted by Crippen LogP contribution is 2.25. The van der Waals surface area contributed by atoms with Gasteiger partial charge in [0.05, 0.1) is 7.11 Å². The van der Waals surface area contributed by atoms with Crippen LogP contribution in [0.25, 0.3) is 16.9 Å². The van der Waals surface area contributed by atoms with E-state index in [-0.39, 0.29) is 0 Å². The van der Waals surface area contributed by atoms with Gasteiger partial charge in [-0.1, -0.05) is 52.8 Å². The van der Waals surface area contributed by atoms with Crippen LogP contribution >= 0.6 is 15.9 Å². The van der Waals surface area contributed by atoms with Crippen LogP contribution in [0.1, 0.15) is 5.56 Å². The van der Waals surface area contributed by atoms with E-state index in [0.717, 1.165) is 15.6 Å². The summed E-state index contributed by atoms with van der Waals surface area (Å²) >= 11 is 3.48. The van der Waals surface area contributed by atoms with Crippen LogP contribution in [0, 0.1) is 0 Å². The third-order valence-electron chi connectivity index (χ3n) is 2.59. The van der Waals surface area contributed by atoms with E-state index in [4.69, 9.17) is 4.74 Å². The summed E-state index contributed by atoms with van der Waals surface area (Å²) < 4.78 is 6.22. The second-order valence-electron chi connectivity index (χ2n) is 3.72. The Morgan fingerprint density at radius 1 is 1.06 bits per heavy atom. The third kappa shape index (κ3) is 2.77. The van der Waals surface area contributed by atoms with Gasteiger partial charge in [-0.05, 0) is 29.3 Å². The second kappa shape index (κ2) is 5.19. The van der Waals surface area contributed by atoms with E-state index < -0.39 is 0 Å². The molecule has 0 aliphatic rings. The number of ether oxygens (including phenoxy) is 1. The third-order valence-corrected chi connectivity index (χ3v) is 3.08. The zero-order valence-electron chi connectivity index (χ0n) is 9.61. The molecule has 0 saturated heterocycles. The fourth-order valence-electron chi connectivity index (χ4n) is 1.66. The molecular weight excluding hydrogens is 276 g/mol. The fraction of sp³-hybridized carbons (Fsp3) is 0.0667. The first-order valence-electron chi connectivity index (χ1n) is 5.30. The van der Waals surface area contributed by atoms with Gasteiger partial charge < -0.3 is 4.74 Å². The molecule has 0 N–H and O–H groups in total. The summed E-state index contributed by atoms with van der Waals surface area (Å²) in [6.45, 7) is 3.86. The van der Waals surface area contributed by atoms with Crippen molar-refractivity contribution in [2.45, 2.75) is 0 Å². The molecule has 17 heavy (non-hydrogen) atoms. The summed E-state index contributed by atoms with van der Waals surface area (Å²) in [5.74, 6) is 0.682. The van der Waals surface area contributed by atoms with Crippen LogP contribution in [0.2, 0.25) is 0 Å². The molecule has 0 aromatic heterocycles. The maximum atomic E-state index is 5.15. The maximum absolute atomic E-state index is 5.15. The van der Waals surface area contributed by atoms with E-state index >= 15 is 0 Å². The van der Waals surface area contributed by atoms with Gasteiger partial charge in [0.1, 0.15) is 5.76 Å². The molecule has 0 aliphatic carbocycles. The zero-order chi connectivity index (χ0) is 12.3. The van der Waals surface area contributed by atoms with Gasteiger partial charge in [-0.3, -0.25) is 0 Å². The van der Waals surface area contributed by atoms with Crippen LogP contribution in [-0.2, 0) is 4.74 Å². The molecule has 0 fully saturated rings. The summed E-state index contributed by atoms with van der Waals surface area (Å²) in [5.41, 5.74) is 3.33. The van der Waals surface area contributed by atoms with Crippen molar-refractivity contribution in [1.82, 2.24) is 0 Å². The Hall–Kier alpha value is -1.54. The van der Waals surface area contributed by atoms with Gasteiger partial charge in [-0.25, -0.2) is 0 Å². The molecule has 0 amide bonds. The number of rotatable bonds is 3. The minimum absolute atomic E-state index is 0.682. The average molecular weight is 289 g/mol. The highest BCUT2D eigenvalue weighted by atomic mass is 79.9. The van der Waals surface area contributed by atoms with Crippen LogP contribution in [0.15, 0.2) is 59.6 Å². The Balaban J connectivity index is 2.43. The first-order valence-corrected chi connectivity index (χ1v) is 6.09. The Kier molecular flexibility index (Phi) is 3.64. The molecule has 0 atom stereocenters. The maximum Gasteiger partial charge on any atom is 0.118 e. The number of methoxy groups -OCH3 is 1. The van der Waals surface area contributed by atoms with E-state index in [1.54, 1.807) is 7.11 Å². The van der Waals surface area contributed by atoms with Crippen molar-refractivity contribution in [3.05, 3.63) is 65.1 Å². The van der Waals surface area contributed by atoms with E-state index in [2.05, 4.69) is 46.8 Å². The zero-order valence-corrected chi connectivity index (χ0v) is 11.2. The van der Waals surface area contributed by atoms with Crippen LogP contribution in [0.3, 0.4) is 0 Å². The number of halogens is 1. The fourth-order valence-corrected chi connectivity index (χ4v) is 2.06. The predicted octanol–water partition coefficient (Wildman–Crippen LogP) is 4.73. The Labute approximate surface area is 110 Å². The molecule has 2 rings (SSSR count). The van der Waals surface area contributed by atoms with Gasteiger partial charge in [0, 0.05) is 10.0 Å². The molecule has 1 nitrogen and oxygen atoms in total. The molecule has 0 radical (unpaired) electrons. The van der Waals surface area contributed by atoms with Crippen molar-refractivity contribution >= 4 is 21.7 Å². The van der Waals surface area contributed by atoms with Crippen LogP contribution in [0.4, 0.5) is 0 Å². The second-order valence-corrected chi connectivity index (χ2v) is 4.63. The van der Waals surface area contributed by atoms with Crippen molar-refractivity contribution in [3.8, 4) is 11.1 Å². The molecule has 0 bridgehead atoms. The molecule has 2 heteroatoms. The lowest BCUT2D eigenvalue weighted by molar-refractivity contribution is 0.371. The number of benzene rings is 2. The smallest absolute Gasteiger partial charge is 0.118 e. The monoisotopic (exact) mass is 288 g/mol. The summed E-state index contributed by atoms with van der Waals surface area (Å²) in [4.78, 5) is 0. The molecule has 2 aromatic carbocycles. The van der Waals surface area contributed by atoms with Crippen LogP contribution in [-0.4, -0.2) is 7.11 Å². The van der Waals surface area contributed by atoms with E-state index in [1.807, 2.05) is 24.3 Å². The minimum Gasteiger partial charge on any atom is -0.497 e. The van der Waals surface area contributed by atoms with Gasteiger partial charge in [0.15, 0.2) is 0 Å². The van der Waals surface area contributed by atoms with E-state index in [0.29, 0.717) is 5.76 Å². The largest absolute Gasteiger partial charge is 0.497 e. The molecule has 0 saturated carbocycles. The Bertz CT molecular complexity index is 546. The molecule has 0 heterocycles. The lowest BCUT2D eigenvalue weighted by atomic mass is 10.0. The standard InChI is InChI=1S/C15H13BrO/c1-11(17-2)12-5-3-6-13(9-12)14-7-4-8-15(16)10-14/h3-10H,1H2,2H3. The summed E-state index contributed by atoms with van der Waals surface area (Å²) in [6, 6.07) is 16.4. The summed E-state index contributed by atoms with van der Waals surface area (Å²) in [5, 5.41) is 0. The van der Waals surface area contributed by atoms with Gasteiger partial charge in [0.2, 0.25) is 0 Å². The summed E-state index contributed by atoms with van der Waals surface area (Å²) in [7, 11) is 1.63. The molecule has 0 spiro atoms. The van der Waals surface area contributed by atoms with Gasteiger partial charge in [-0.2, -0.15) is 0 Å². The first-order chi connectivity index (χ1) is 8.20. The highest BCUT2D eigenvalue weighted by Gasteiger charge is 2.02. The minimum atomic E-state index is 0.682. The van der Waals surface area contributed by atoms with Crippen molar-refractivity contribution < 1.29 is 4.74 Å². The van der Waals surface area contributed by atoms with Gasteiger partial charge in [-0.15, -0.1) is 0 Å². The number of hydrogen-bond acceptors (Lipinski definition) is 1. The van der Waals surface area contributed by atoms with Crippen LogP contribution in [0.5, 0.6) is 0 Å². The van der Waals surface area contributed by atoms with Gasteiger partial charge in [0.25, 0.3) is 0 Å². The number of hydrogen-bond donors (Lipinski definition) is 0. The highest BCUT2D eigenvalue weighted by molar-refractivity contribution is 9.10. The first kappa shape index (κ1) is 11.9. The molecular formula is C15H13BrO. The molecule has 0 aliphatic heterocycles. The van der Waals surface area contributed by atoms with Gasteiger partial charge >= 0.3 is 0 Å². The topological polar surface area (TPSA) is 9.23 Å². The Morgan fingerprint density at radius 2 is 1.71 bits per heavy atom. The summed E-state index contributed by atoms with van der Waals surface area (Å²) in [6.07, 6.45) is 0. The lowest BCUT2D eigenvalue weighted by Gasteiger charge is -2.07. The predicted molar refractivity (Wildman–Crippen MR) is 75.6 cm³/mol. The van der Waals surface area contributed by atoms with Crippen molar-refractivity contribution in [2.24, 2.45) is 0 Å². The average Bonchev–Trinajstić information content (AvgIpc) is 2.38. The molecule has 2 aromatic rings. The molecule has 86 valence electrons. The van der Waals surface area contributed by atoms with E-state index in [1.165, 1.54) is 5.56 Å². The van der Waals surface area contributed by atoms with Crippen molar-refractivity contribution in [3.63, 3.8) is 0 Å². The van der Waals surface area contributed by atoms with Crippen LogP contribution < -0.4 is 0 Å². The molecule has 0 unspecified atom stereocenters. The van der Waals surface area contributed by atoms with E-state index in [9.17, 15) is 0 Å². The van der Waals surface area contributed by atoms with Crippen molar-refractivity contribution in [1.29, 1.82) is 0 Å². The normalized spacial score (nSPS) is 10.0. The van der Waals surface area contributed by atoms with Crippen molar-refractivity contribution in [2.75, 3.05) is 7.11 Å². The SMILES string of the molecule is C=C(OC)c1cccc(-c2cccc(Br)c2)c1. The Morgan fingerprint density at radius 3 is 2.35 bits per heavy atom. The quantitative estimate of drug-likeness (QED) is 0.742. The lowest BCUT2D eigenvalue weighted by Crippen LogP contribution is -1.86.